The Kier molecular flexibility index (Phi) is 10.3. The predicted molar refractivity (Wildman–Crippen MR) is 191 cm³/mol. The van der Waals surface area contributed by atoms with Crippen LogP contribution in [0.5, 0.6) is 0 Å². The number of carbonyl (C=O) groups is 2. The van der Waals surface area contributed by atoms with Crippen molar-refractivity contribution in [3.05, 3.63) is 81.5 Å². The fraction of sp³-hybridized carbons (Fsp3) is 0.550. The highest BCUT2D eigenvalue weighted by Crippen LogP contribution is 2.40. The summed E-state index contributed by atoms with van der Waals surface area (Å²) in [6, 6.07) is 0.294. The Morgan fingerprint density at radius 3 is 2.60 bits per heavy atom. The van der Waals surface area contributed by atoms with Gasteiger partial charge in [-0.25, -0.2) is 5.01 Å². The van der Waals surface area contributed by atoms with Crippen LogP contribution >= 0.6 is 0 Å². The summed E-state index contributed by atoms with van der Waals surface area (Å²) in [5, 5.41) is 12.9. The lowest BCUT2D eigenvalue weighted by Gasteiger charge is -2.28. The van der Waals surface area contributed by atoms with Crippen LogP contribution in [0.4, 0.5) is 0 Å². The summed E-state index contributed by atoms with van der Waals surface area (Å²) in [4.78, 5) is 32.0. The van der Waals surface area contributed by atoms with E-state index in [0.717, 1.165) is 65.8 Å². The summed E-state index contributed by atoms with van der Waals surface area (Å²) in [5.41, 5.74) is 9.00. The van der Waals surface area contributed by atoms with Crippen molar-refractivity contribution < 1.29 is 9.59 Å². The number of aliphatic imine (C=N–C) groups is 1. The van der Waals surface area contributed by atoms with Crippen molar-refractivity contribution in [1.29, 1.82) is 0 Å². The van der Waals surface area contributed by atoms with Gasteiger partial charge in [-0.2, -0.15) is 5.10 Å². The van der Waals surface area contributed by atoms with Gasteiger partial charge in [0.05, 0.1) is 11.7 Å². The van der Waals surface area contributed by atoms with Crippen molar-refractivity contribution in [2.75, 3.05) is 0 Å². The molecule has 6 rings (SSSR count). The Balaban J connectivity index is 1.16. The fourth-order valence-electron chi connectivity index (χ4n) is 7.34. The first kappa shape index (κ1) is 33.2. The number of amides is 2. The van der Waals surface area contributed by atoms with Gasteiger partial charge in [0.2, 0.25) is 5.91 Å². The molecule has 3 heterocycles. The number of fused-ring (bicyclic) bond motifs is 1. The van der Waals surface area contributed by atoms with E-state index in [1.807, 2.05) is 30.3 Å². The molecule has 2 amide bonds. The summed E-state index contributed by atoms with van der Waals surface area (Å²) in [7, 11) is 0. The molecule has 250 valence electrons. The third-order valence-corrected chi connectivity index (χ3v) is 10.7. The van der Waals surface area contributed by atoms with E-state index in [0.29, 0.717) is 42.7 Å². The zero-order chi connectivity index (χ0) is 33.1. The number of carbonyl (C=O) groups excluding carboxylic acids is 2. The van der Waals surface area contributed by atoms with Crippen molar-refractivity contribution in [2.45, 2.75) is 118 Å². The first-order valence-corrected chi connectivity index (χ1v) is 18.1. The van der Waals surface area contributed by atoms with E-state index in [1.54, 1.807) is 0 Å². The third kappa shape index (κ3) is 8.41. The summed E-state index contributed by atoms with van der Waals surface area (Å²) >= 11 is 0. The molecule has 6 aliphatic rings. The van der Waals surface area contributed by atoms with Gasteiger partial charge in [-0.1, -0.05) is 56.9 Å². The van der Waals surface area contributed by atoms with Gasteiger partial charge >= 0.3 is 0 Å². The van der Waals surface area contributed by atoms with Gasteiger partial charge < -0.3 is 10.6 Å². The molecule has 4 atom stereocenters. The molecule has 3 unspecified atom stereocenters. The second-order valence-corrected chi connectivity index (χ2v) is 14.8. The van der Waals surface area contributed by atoms with Crippen LogP contribution in [-0.4, -0.2) is 34.8 Å². The van der Waals surface area contributed by atoms with Crippen molar-refractivity contribution in [3.63, 3.8) is 0 Å². The van der Waals surface area contributed by atoms with E-state index < -0.39 is 0 Å². The molecule has 0 radical (unpaired) electrons. The van der Waals surface area contributed by atoms with Gasteiger partial charge in [0.25, 0.3) is 5.91 Å². The van der Waals surface area contributed by atoms with Crippen LogP contribution in [0.1, 0.15) is 112 Å². The van der Waals surface area contributed by atoms with Crippen LogP contribution < -0.4 is 10.6 Å². The quantitative estimate of drug-likeness (QED) is 0.167. The lowest BCUT2D eigenvalue weighted by atomic mass is 9.87. The van der Waals surface area contributed by atoms with Gasteiger partial charge in [0, 0.05) is 58.6 Å². The summed E-state index contributed by atoms with van der Waals surface area (Å²) < 4.78 is 0. The van der Waals surface area contributed by atoms with Crippen LogP contribution in [-0.2, 0) is 9.59 Å². The minimum absolute atomic E-state index is 0.0425. The Morgan fingerprint density at radius 1 is 1.06 bits per heavy atom. The minimum atomic E-state index is -0.128. The van der Waals surface area contributed by atoms with Gasteiger partial charge in [-0.3, -0.25) is 14.6 Å². The van der Waals surface area contributed by atoms with Gasteiger partial charge in [-0.15, -0.1) is 0 Å². The number of dihydropyridines is 1. The number of hydrogen-bond donors (Lipinski definition) is 2. The normalized spacial score (nSPS) is 27.7. The molecule has 2 saturated carbocycles. The van der Waals surface area contributed by atoms with Crippen molar-refractivity contribution in [1.82, 2.24) is 15.6 Å². The highest BCUT2D eigenvalue weighted by Gasteiger charge is 2.35. The Morgan fingerprint density at radius 2 is 1.87 bits per heavy atom. The van der Waals surface area contributed by atoms with Gasteiger partial charge in [-0.05, 0) is 108 Å². The molecule has 2 fully saturated rings. The molecule has 0 spiro atoms. The number of rotatable bonds is 12. The average Bonchev–Trinajstić information content (AvgIpc) is 3.97. The fourth-order valence-corrected chi connectivity index (χ4v) is 7.34. The van der Waals surface area contributed by atoms with Crippen molar-refractivity contribution >= 4 is 23.7 Å². The van der Waals surface area contributed by atoms with Crippen LogP contribution in [0, 0.1) is 23.7 Å². The number of nitrogens with zero attached hydrogens (tertiary/aromatic N) is 3. The molecule has 0 aromatic carbocycles. The number of hydrogen-bond acceptors (Lipinski definition) is 5. The lowest BCUT2D eigenvalue weighted by Crippen LogP contribution is -2.29. The highest BCUT2D eigenvalue weighted by molar-refractivity contribution is 6.08. The van der Waals surface area contributed by atoms with Crippen molar-refractivity contribution in [3.8, 4) is 0 Å². The largest absolute Gasteiger partial charge is 0.330 e. The first-order chi connectivity index (χ1) is 22.7. The SMILES string of the molecule is C/C(=C\C(NC(=O)C1=C2C=CC(C3=CC(C)C(C)N=C3C3CC3)=CN2N=CCC1)=C(\C)CC1=CC1)NC(=O)CCCC1CCC[C@@H]1C. The molecule has 0 bridgehead atoms. The predicted octanol–water partition coefficient (Wildman–Crippen LogP) is 8.33. The van der Waals surface area contributed by atoms with Crippen LogP contribution in [0.15, 0.2) is 91.6 Å². The third-order valence-electron chi connectivity index (χ3n) is 10.7. The Hall–Kier alpha value is -3.74. The number of hydrazone groups is 1. The monoisotopic (exact) mass is 635 g/mol. The van der Waals surface area contributed by atoms with Crippen molar-refractivity contribution in [2.24, 2.45) is 33.8 Å². The Bertz CT molecular complexity index is 1560. The molecule has 47 heavy (non-hydrogen) atoms. The van der Waals surface area contributed by atoms with E-state index in [9.17, 15) is 9.59 Å². The average molecular weight is 636 g/mol. The molecule has 0 aromatic rings. The van der Waals surface area contributed by atoms with Crippen LogP contribution in [0.2, 0.25) is 0 Å². The van der Waals surface area contributed by atoms with E-state index >= 15 is 0 Å². The maximum absolute atomic E-state index is 14.0. The standard InChI is InChI=1S/C40H53N5O2/c1-25-9-6-10-31(25)11-7-13-38(46)42-28(4)23-36(27(3)21-30-14-15-30)44-40(47)34-12-8-20-41-45-24-33(18-19-37(34)45)35-22-26(2)29(5)43-39(35)32-16-17-32/h14,18-20,22-26,29,31-32H,6-13,15-17,21H2,1-5H3,(H,42,46)(H,44,47)/b28-23+,36-27+/t25-,26?,29?,31?/m0/s1. The molecule has 3 aliphatic heterocycles. The molecular weight excluding hydrogens is 582 g/mol. The highest BCUT2D eigenvalue weighted by atomic mass is 16.2. The lowest BCUT2D eigenvalue weighted by molar-refractivity contribution is -0.120. The van der Waals surface area contributed by atoms with E-state index in [4.69, 9.17) is 10.1 Å². The Labute approximate surface area is 281 Å². The van der Waals surface area contributed by atoms with E-state index in [-0.39, 0.29) is 11.8 Å². The van der Waals surface area contributed by atoms with E-state index in [1.165, 1.54) is 49.0 Å². The first-order valence-electron chi connectivity index (χ1n) is 18.1. The molecule has 0 aromatic heterocycles. The second kappa shape index (κ2) is 14.6. The number of nitrogens with one attached hydrogen (secondary N) is 2. The topological polar surface area (TPSA) is 86.2 Å². The molecule has 7 nitrogen and oxygen atoms in total. The zero-order valence-corrected chi connectivity index (χ0v) is 29.1. The van der Waals surface area contributed by atoms with Crippen LogP contribution in [0.3, 0.4) is 0 Å². The van der Waals surface area contributed by atoms with Gasteiger partial charge in [0.15, 0.2) is 0 Å². The maximum Gasteiger partial charge on any atom is 0.253 e. The summed E-state index contributed by atoms with van der Waals surface area (Å²) in [6.07, 6.45) is 26.7. The number of allylic oxidation sites excluding steroid dienone is 9. The molecular formula is C40H53N5O2. The smallest absolute Gasteiger partial charge is 0.253 e. The van der Waals surface area contributed by atoms with Crippen LogP contribution in [0.25, 0.3) is 0 Å². The second-order valence-electron chi connectivity index (χ2n) is 14.8. The minimum Gasteiger partial charge on any atom is -0.330 e. The maximum atomic E-state index is 14.0. The molecule has 2 N–H and O–H groups in total. The molecule has 0 saturated heterocycles. The van der Waals surface area contributed by atoms with Gasteiger partial charge in [0.1, 0.15) is 0 Å². The summed E-state index contributed by atoms with van der Waals surface area (Å²) in [6.45, 7) is 10.8. The zero-order valence-electron chi connectivity index (χ0n) is 29.1. The van der Waals surface area contributed by atoms with E-state index in [2.05, 4.69) is 62.8 Å². The summed E-state index contributed by atoms with van der Waals surface area (Å²) in [5.74, 6) is 2.38. The molecule has 3 aliphatic carbocycles. The molecule has 7 heteroatoms.